The average molecular weight is 453 g/mol. The smallest absolute Gasteiger partial charge is 0.282 e. The number of carbonyl (C=O) groups is 2. The largest absolute Gasteiger partial charge is 0.491 e. The van der Waals surface area contributed by atoms with Gasteiger partial charge in [0.2, 0.25) is 0 Å². The molecule has 0 aliphatic carbocycles. The number of amides is 2. The number of ether oxygens (including phenoxy) is 1. The lowest BCUT2D eigenvalue weighted by Gasteiger charge is -2.32. The Morgan fingerprint density at radius 2 is 1.56 bits per heavy atom. The lowest BCUT2D eigenvalue weighted by molar-refractivity contribution is -0.120. The summed E-state index contributed by atoms with van der Waals surface area (Å²) in [5.74, 6) is -0.0983. The van der Waals surface area contributed by atoms with Crippen LogP contribution < -0.4 is 14.5 Å². The number of imide groups is 1. The van der Waals surface area contributed by atoms with E-state index in [9.17, 15) is 9.59 Å². The summed E-state index contributed by atoms with van der Waals surface area (Å²) < 4.78 is 5.91. The number of fused-ring (bicyclic) bond motifs is 1. The third kappa shape index (κ3) is 3.77. The summed E-state index contributed by atoms with van der Waals surface area (Å²) in [5, 5.41) is 0. The van der Waals surface area contributed by atoms with Crippen LogP contribution in [0.1, 0.15) is 36.5 Å². The molecule has 0 unspecified atom stereocenters. The van der Waals surface area contributed by atoms with Gasteiger partial charge in [-0.1, -0.05) is 67.1 Å². The molecule has 0 atom stereocenters. The Kier molecular flexibility index (Phi) is 5.93. The topological polar surface area (TPSA) is 49.9 Å². The van der Waals surface area contributed by atoms with Crippen molar-refractivity contribution in [2.45, 2.75) is 33.1 Å². The Morgan fingerprint density at radius 3 is 2.32 bits per heavy atom. The van der Waals surface area contributed by atoms with E-state index in [1.807, 2.05) is 79.4 Å². The average Bonchev–Trinajstić information content (AvgIpc) is 3.12. The fourth-order valence-corrected chi connectivity index (χ4v) is 4.71. The third-order valence-corrected chi connectivity index (χ3v) is 6.35. The third-order valence-electron chi connectivity index (χ3n) is 6.35. The van der Waals surface area contributed by atoms with Crippen LogP contribution in [0, 0.1) is 6.92 Å². The molecule has 0 radical (unpaired) electrons. The lowest BCUT2D eigenvalue weighted by Crippen LogP contribution is -2.37. The minimum Gasteiger partial charge on any atom is -0.491 e. The number of hydrogen-bond donors (Lipinski definition) is 0. The van der Waals surface area contributed by atoms with Gasteiger partial charge in [-0.3, -0.25) is 9.59 Å². The zero-order valence-electron chi connectivity index (χ0n) is 19.6. The predicted octanol–water partition coefficient (Wildman–Crippen LogP) is 5.52. The molecule has 0 fully saturated rings. The minimum absolute atomic E-state index is 0.315. The highest BCUT2D eigenvalue weighted by Crippen LogP contribution is 2.41. The van der Waals surface area contributed by atoms with Crippen molar-refractivity contribution in [2.24, 2.45) is 0 Å². The van der Waals surface area contributed by atoms with E-state index >= 15 is 0 Å². The molecule has 2 aliphatic rings. The number of carbonyl (C=O) groups excluding carboxylic acids is 2. The second kappa shape index (κ2) is 9.18. The number of anilines is 2. The van der Waals surface area contributed by atoms with Crippen LogP contribution in [0.2, 0.25) is 0 Å². The van der Waals surface area contributed by atoms with Crippen LogP contribution >= 0.6 is 0 Å². The first kappa shape index (κ1) is 22.0. The first-order valence-electron chi connectivity index (χ1n) is 11.9. The molecule has 0 saturated carbocycles. The SMILES string of the molecule is CCCOc1ccccc1N1C(=O)C(c2ccc(C)cc2)=C(N2CCCc3ccccc32)C1=O. The number of rotatable bonds is 6. The van der Waals surface area contributed by atoms with E-state index in [4.69, 9.17) is 4.74 Å². The Bertz CT molecular complexity index is 1280. The van der Waals surface area contributed by atoms with Gasteiger partial charge in [-0.2, -0.15) is 0 Å². The second-order valence-electron chi connectivity index (χ2n) is 8.74. The molecule has 5 nitrogen and oxygen atoms in total. The van der Waals surface area contributed by atoms with Crippen molar-refractivity contribution >= 4 is 28.8 Å². The van der Waals surface area contributed by atoms with Crippen LogP contribution in [0.15, 0.2) is 78.5 Å². The van der Waals surface area contributed by atoms with Gasteiger partial charge in [0, 0.05) is 12.2 Å². The van der Waals surface area contributed by atoms with Crippen LogP contribution in [-0.2, 0) is 16.0 Å². The number of benzene rings is 3. The Labute approximate surface area is 200 Å². The zero-order chi connectivity index (χ0) is 23.7. The summed E-state index contributed by atoms with van der Waals surface area (Å²) in [6.45, 7) is 5.23. The summed E-state index contributed by atoms with van der Waals surface area (Å²) in [5.41, 5.74) is 5.38. The molecular formula is C29H28N2O3. The second-order valence-corrected chi connectivity index (χ2v) is 8.74. The maximum atomic E-state index is 14.1. The number of hydrogen-bond acceptors (Lipinski definition) is 4. The molecule has 5 heteroatoms. The van der Waals surface area contributed by atoms with Gasteiger partial charge in [0.25, 0.3) is 11.8 Å². The molecule has 3 aromatic carbocycles. The quantitative estimate of drug-likeness (QED) is 0.462. The fraction of sp³-hybridized carbons (Fsp3) is 0.241. The minimum atomic E-state index is -0.320. The van der Waals surface area contributed by atoms with Crippen molar-refractivity contribution in [1.82, 2.24) is 0 Å². The maximum Gasteiger partial charge on any atom is 0.282 e. The van der Waals surface area contributed by atoms with Gasteiger partial charge in [0.15, 0.2) is 0 Å². The molecule has 0 saturated heterocycles. The van der Waals surface area contributed by atoms with Gasteiger partial charge >= 0.3 is 0 Å². The summed E-state index contributed by atoms with van der Waals surface area (Å²) in [6.07, 6.45) is 2.71. The maximum absolute atomic E-state index is 14.1. The Morgan fingerprint density at radius 1 is 0.853 bits per heavy atom. The van der Waals surface area contributed by atoms with Gasteiger partial charge in [0.05, 0.1) is 17.9 Å². The summed E-state index contributed by atoms with van der Waals surface area (Å²) in [4.78, 5) is 31.3. The van der Waals surface area contributed by atoms with Crippen molar-refractivity contribution in [3.05, 3.63) is 95.2 Å². The molecular weight excluding hydrogens is 424 g/mol. The van der Waals surface area contributed by atoms with E-state index in [0.717, 1.165) is 36.1 Å². The molecule has 2 heterocycles. The van der Waals surface area contributed by atoms with Gasteiger partial charge in [0.1, 0.15) is 11.4 Å². The van der Waals surface area contributed by atoms with Crippen LogP contribution in [0.4, 0.5) is 11.4 Å². The Balaban J connectivity index is 1.67. The molecule has 172 valence electrons. The molecule has 0 spiro atoms. The van der Waals surface area contributed by atoms with Crippen LogP contribution in [0.5, 0.6) is 5.75 Å². The predicted molar refractivity (Wildman–Crippen MR) is 135 cm³/mol. The highest BCUT2D eigenvalue weighted by Gasteiger charge is 2.44. The summed E-state index contributed by atoms with van der Waals surface area (Å²) >= 11 is 0. The highest BCUT2D eigenvalue weighted by atomic mass is 16.5. The van der Waals surface area contributed by atoms with Gasteiger partial charge in [-0.25, -0.2) is 4.90 Å². The summed E-state index contributed by atoms with van der Waals surface area (Å²) in [6, 6.07) is 23.2. The molecule has 34 heavy (non-hydrogen) atoms. The van der Waals surface area contributed by atoms with E-state index in [0.29, 0.717) is 35.9 Å². The number of para-hydroxylation sites is 3. The van der Waals surface area contributed by atoms with Crippen molar-refractivity contribution in [1.29, 1.82) is 0 Å². The summed E-state index contributed by atoms with van der Waals surface area (Å²) in [7, 11) is 0. The van der Waals surface area contributed by atoms with Crippen LogP contribution in [0.25, 0.3) is 5.57 Å². The van der Waals surface area contributed by atoms with E-state index in [1.54, 1.807) is 6.07 Å². The van der Waals surface area contributed by atoms with Gasteiger partial charge < -0.3 is 9.64 Å². The van der Waals surface area contributed by atoms with Crippen molar-refractivity contribution in [3.8, 4) is 5.75 Å². The first-order chi connectivity index (χ1) is 16.6. The molecule has 2 amide bonds. The van der Waals surface area contributed by atoms with Crippen molar-refractivity contribution < 1.29 is 14.3 Å². The molecule has 3 aromatic rings. The van der Waals surface area contributed by atoms with Crippen molar-refractivity contribution in [3.63, 3.8) is 0 Å². The molecule has 0 bridgehead atoms. The van der Waals surface area contributed by atoms with E-state index < -0.39 is 0 Å². The Hall–Kier alpha value is -3.86. The van der Waals surface area contributed by atoms with E-state index in [-0.39, 0.29) is 11.8 Å². The first-order valence-corrected chi connectivity index (χ1v) is 11.9. The molecule has 0 aromatic heterocycles. The molecule has 5 rings (SSSR count). The highest BCUT2D eigenvalue weighted by molar-refractivity contribution is 6.46. The standard InChI is InChI=1S/C29H28N2O3/c1-3-19-34-25-13-7-6-12-24(25)31-28(32)26(22-16-14-20(2)15-17-22)27(29(31)33)30-18-8-10-21-9-4-5-11-23(21)30/h4-7,9,11-17H,3,8,10,18-19H2,1-2H3. The van der Waals surface area contributed by atoms with Gasteiger partial charge in [-0.05, 0) is 55.5 Å². The molecule has 2 aliphatic heterocycles. The lowest BCUT2D eigenvalue weighted by atomic mass is 9.98. The van der Waals surface area contributed by atoms with E-state index in [1.165, 1.54) is 10.5 Å². The monoisotopic (exact) mass is 452 g/mol. The fourth-order valence-electron chi connectivity index (χ4n) is 4.71. The normalized spacial score (nSPS) is 15.7. The zero-order valence-corrected chi connectivity index (χ0v) is 19.6. The van der Waals surface area contributed by atoms with Crippen LogP contribution in [0.3, 0.4) is 0 Å². The van der Waals surface area contributed by atoms with Crippen molar-refractivity contribution in [2.75, 3.05) is 23.0 Å². The van der Waals surface area contributed by atoms with Gasteiger partial charge in [-0.15, -0.1) is 0 Å². The van der Waals surface area contributed by atoms with Crippen LogP contribution in [-0.4, -0.2) is 25.0 Å². The number of aryl methyl sites for hydroxylation is 2. The molecule has 0 N–H and O–H groups in total. The van der Waals surface area contributed by atoms with E-state index in [2.05, 4.69) is 6.07 Å². The number of nitrogens with zero attached hydrogens (tertiary/aromatic N) is 2.